The average molecular weight is 325 g/mol. The molecule has 1 heterocycles. The summed E-state index contributed by atoms with van der Waals surface area (Å²) < 4.78 is 0. The minimum absolute atomic E-state index is 0.0623. The highest BCUT2D eigenvalue weighted by molar-refractivity contribution is 5.94. The van der Waals surface area contributed by atoms with Gasteiger partial charge >= 0.3 is 0 Å². The molecule has 0 aliphatic heterocycles. The van der Waals surface area contributed by atoms with Gasteiger partial charge in [-0.15, -0.1) is 0 Å². The predicted octanol–water partition coefficient (Wildman–Crippen LogP) is 4.05. The van der Waals surface area contributed by atoms with Gasteiger partial charge in [-0.05, 0) is 30.9 Å². The van der Waals surface area contributed by atoms with Crippen LogP contribution in [0.25, 0.3) is 0 Å². The molecular formula is C20H27N3O. The quantitative estimate of drug-likeness (QED) is 0.648. The number of benzene rings is 1. The molecule has 0 aliphatic carbocycles. The Morgan fingerprint density at radius 2 is 1.88 bits per heavy atom. The molecule has 1 amide bonds. The van der Waals surface area contributed by atoms with Crippen molar-refractivity contribution in [2.24, 2.45) is 0 Å². The number of aromatic nitrogens is 1. The third kappa shape index (κ3) is 6.41. The van der Waals surface area contributed by atoms with Crippen molar-refractivity contribution in [3.63, 3.8) is 0 Å². The highest BCUT2D eigenvalue weighted by Gasteiger charge is 2.06. The minimum Gasteiger partial charge on any atom is -0.384 e. The smallest absolute Gasteiger partial charge is 0.252 e. The molecule has 4 nitrogen and oxygen atoms in total. The maximum absolute atomic E-state index is 12.2. The standard InChI is InChI=1S/C20H27N3O/c1-2-3-7-12-22-19-14-18(15-21-16-19)20(24)23-13-8-11-17-9-5-4-6-10-17/h4-6,9-10,14-16,22H,2-3,7-8,11-13H2,1H3,(H,23,24). The van der Waals surface area contributed by atoms with E-state index in [0.717, 1.165) is 31.5 Å². The van der Waals surface area contributed by atoms with Gasteiger partial charge in [-0.25, -0.2) is 0 Å². The highest BCUT2D eigenvalue weighted by Crippen LogP contribution is 2.09. The number of hydrogen-bond acceptors (Lipinski definition) is 3. The van der Waals surface area contributed by atoms with Crippen LogP contribution in [0.1, 0.15) is 48.5 Å². The summed E-state index contributed by atoms with van der Waals surface area (Å²) in [6, 6.07) is 12.2. The zero-order valence-electron chi connectivity index (χ0n) is 14.4. The first-order chi connectivity index (χ1) is 11.8. The summed E-state index contributed by atoms with van der Waals surface area (Å²) in [6.45, 7) is 3.77. The van der Waals surface area contributed by atoms with E-state index in [0.29, 0.717) is 12.1 Å². The maximum atomic E-state index is 12.2. The molecule has 0 radical (unpaired) electrons. The van der Waals surface area contributed by atoms with Crippen LogP contribution < -0.4 is 10.6 Å². The summed E-state index contributed by atoms with van der Waals surface area (Å²) in [5.74, 6) is -0.0623. The molecular weight excluding hydrogens is 298 g/mol. The molecule has 24 heavy (non-hydrogen) atoms. The molecule has 0 atom stereocenters. The first-order valence-corrected chi connectivity index (χ1v) is 8.80. The van der Waals surface area contributed by atoms with Crippen LogP contribution in [0.4, 0.5) is 5.69 Å². The van der Waals surface area contributed by atoms with Crippen molar-refractivity contribution in [1.29, 1.82) is 0 Å². The van der Waals surface area contributed by atoms with E-state index in [9.17, 15) is 4.79 Å². The Kier molecular flexibility index (Phi) is 7.81. The van der Waals surface area contributed by atoms with Crippen molar-refractivity contribution in [2.75, 3.05) is 18.4 Å². The Hall–Kier alpha value is -2.36. The van der Waals surface area contributed by atoms with E-state index in [4.69, 9.17) is 0 Å². The fraction of sp³-hybridized carbons (Fsp3) is 0.400. The van der Waals surface area contributed by atoms with E-state index < -0.39 is 0 Å². The van der Waals surface area contributed by atoms with E-state index in [2.05, 4.69) is 34.7 Å². The van der Waals surface area contributed by atoms with Gasteiger partial charge < -0.3 is 10.6 Å². The van der Waals surface area contributed by atoms with Gasteiger partial charge in [0, 0.05) is 25.5 Å². The summed E-state index contributed by atoms with van der Waals surface area (Å²) in [5, 5.41) is 6.29. The van der Waals surface area contributed by atoms with Crippen LogP contribution in [0, 0.1) is 0 Å². The molecule has 2 N–H and O–H groups in total. The van der Waals surface area contributed by atoms with E-state index in [1.54, 1.807) is 12.4 Å². The van der Waals surface area contributed by atoms with Gasteiger partial charge in [0.2, 0.25) is 0 Å². The fourth-order valence-corrected chi connectivity index (χ4v) is 2.51. The number of unbranched alkanes of at least 4 members (excludes halogenated alkanes) is 2. The second-order valence-corrected chi connectivity index (χ2v) is 5.94. The van der Waals surface area contributed by atoms with Crippen molar-refractivity contribution < 1.29 is 4.79 Å². The van der Waals surface area contributed by atoms with Crippen LogP contribution in [0.2, 0.25) is 0 Å². The van der Waals surface area contributed by atoms with Crippen LogP contribution in [-0.4, -0.2) is 24.0 Å². The van der Waals surface area contributed by atoms with E-state index in [1.165, 1.54) is 18.4 Å². The van der Waals surface area contributed by atoms with Crippen LogP contribution in [0.15, 0.2) is 48.8 Å². The van der Waals surface area contributed by atoms with Crippen molar-refractivity contribution in [3.8, 4) is 0 Å². The van der Waals surface area contributed by atoms with Gasteiger partial charge in [-0.1, -0.05) is 50.1 Å². The van der Waals surface area contributed by atoms with Gasteiger partial charge in [-0.2, -0.15) is 0 Å². The predicted molar refractivity (Wildman–Crippen MR) is 99.3 cm³/mol. The van der Waals surface area contributed by atoms with Gasteiger partial charge in [0.05, 0.1) is 11.3 Å². The van der Waals surface area contributed by atoms with E-state index in [-0.39, 0.29) is 5.91 Å². The lowest BCUT2D eigenvalue weighted by atomic mass is 10.1. The van der Waals surface area contributed by atoms with Crippen molar-refractivity contribution in [2.45, 2.75) is 39.0 Å². The summed E-state index contributed by atoms with van der Waals surface area (Å²) in [4.78, 5) is 16.4. The molecule has 1 aromatic carbocycles. The molecule has 0 fully saturated rings. The average Bonchev–Trinajstić information content (AvgIpc) is 2.63. The Bertz CT molecular complexity index is 613. The number of nitrogens with zero attached hydrogens (tertiary/aromatic N) is 1. The largest absolute Gasteiger partial charge is 0.384 e. The zero-order valence-corrected chi connectivity index (χ0v) is 14.4. The number of carbonyl (C=O) groups excluding carboxylic acids is 1. The minimum atomic E-state index is -0.0623. The third-order valence-corrected chi connectivity index (χ3v) is 3.88. The van der Waals surface area contributed by atoms with Gasteiger partial charge in [-0.3, -0.25) is 9.78 Å². The molecule has 4 heteroatoms. The number of amides is 1. The molecule has 1 aromatic heterocycles. The maximum Gasteiger partial charge on any atom is 0.252 e. The van der Waals surface area contributed by atoms with Crippen molar-refractivity contribution >= 4 is 11.6 Å². The lowest BCUT2D eigenvalue weighted by Crippen LogP contribution is -2.25. The van der Waals surface area contributed by atoms with Gasteiger partial charge in [0.1, 0.15) is 0 Å². The zero-order chi connectivity index (χ0) is 17.0. The second kappa shape index (κ2) is 10.4. The number of aryl methyl sites for hydroxylation is 1. The first kappa shape index (κ1) is 18.0. The van der Waals surface area contributed by atoms with Crippen molar-refractivity contribution in [3.05, 3.63) is 59.9 Å². The number of anilines is 1. The molecule has 0 bridgehead atoms. The summed E-state index contributed by atoms with van der Waals surface area (Å²) in [6.07, 6.45) is 8.82. The lowest BCUT2D eigenvalue weighted by molar-refractivity contribution is 0.0953. The van der Waals surface area contributed by atoms with Crippen molar-refractivity contribution in [1.82, 2.24) is 10.3 Å². The van der Waals surface area contributed by atoms with Crippen LogP contribution in [0.5, 0.6) is 0 Å². The normalized spacial score (nSPS) is 10.4. The Labute approximate surface area is 144 Å². The van der Waals surface area contributed by atoms with Crippen LogP contribution in [0.3, 0.4) is 0 Å². The second-order valence-electron chi connectivity index (χ2n) is 5.94. The number of nitrogens with one attached hydrogen (secondary N) is 2. The number of pyridine rings is 1. The summed E-state index contributed by atoms with van der Waals surface area (Å²) in [7, 11) is 0. The van der Waals surface area contributed by atoms with Crippen LogP contribution in [-0.2, 0) is 6.42 Å². The fourth-order valence-electron chi connectivity index (χ4n) is 2.51. The first-order valence-electron chi connectivity index (χ1n) is 8.80. The SMILES string of the molecule is CCCCCNc1cncc(C(=O)NCCCc2ccccc2)c1. The number of carbonyl (C=O) groups is 1. The molecule has 0 unspecified atom stereocenters. The molecule has 0 spiro atoms. The topological polar surface area (TPSA) is 54.0 Å². The molecule has 0 saturated heterocycles. The summed E-state index contributed by atoms with van der Waals surface area (Å²) in [5.41, 5.74) is 2.81. The Morgan fingerprint density at radius 3 is 2.67 bits per heavy atom. The molecule has 2 aromatic rings. The molecule has 0 aliphatic rings. The van der Waals surface area contributed by atoms with Gasteiger partial charge in [0.25, 0.3) is 5.91 Å². The number of rotatable bonds is 10. The highest BCUT2D eigenvalue weighted by atomic mass is 16.1. The third-order valence-electron chi connectivity index (χ3n) is 3.88. The van der Waals surface area contributed by atoms with E-state index >= 15 is 0 Å². The van der Waals surface area contributed by atoms with Crippen LogP contribution >= 0.6 is 0 Å². The summed E-state index contributed by atoms with van der Waals surface area (Å²) >= 11 is 0. The van der Waals surface area contributed by atoms with Gasteiger partial charge in [0.15, 0.2) is 0 Å². The lowest BCUT2D eigenvalue weighted by Gasteiger charge is -2.08. The molecule has 2 rings (SSSR count). The monoisotopic (exact) mass is 325 g/mol. The molecule has 128 valence electrons. The number of hydrogen-bond donors (Lipinski definition) is 2. The van der Waals surface area contributed by atoms with E-state index in [1.807, 2.05) is 24.3 Å². The Balaban J connectivity index is 1.73. The Morgan fingerprint density at radius 1 is 1.04 bits per heavy atom. The molecule has 0 saturated carbocycles.